The molecule has 4 nitrogen and oxygen atoms in total. The summed E-state index contributed by atoms with van der Waals surface area (Å²) in [6, 6.07) is 11.0. The third-order valence-electron chi connectivity index (χ3n) is 2.71. The molecule has 1 aromatic carbocycles. The summed E-state index contributed by atoms with van der Waals surface area (Å²) in [4.78, 5) is 12.7. The van der Waals surface area contributed by atoms with Gasteiger partial charge in [-0.25, -0.2) is 0 Å². The zero-order valence-electron chi connectivity index (χ0n) is 11.2. The molecule has 0 atom stereocenters. The molecule has 2 rings (SSSR count). The second kappa shape index (κ2) is 7.25. The number of nitrogens with two attached hydrogens (primary N) is 1. The van der Waals surface area contributed by atoms with Crippen LogP contribution in [0.25, 0.3) is 0 Å². The van der Waals surface area contributed by atoms with Crippen LogP contribution in [0.3, 0.4) is 0 Å². The van der Waals surface area contributed by atoms with Gasteiger partial charge in [-0.15, -0.1) is 11.3 Å². The Labute approximate surface area is 127 Å². The molecule has 0 bridgehead atoms. The topological polar surface area (TPSA) is 78.9 Å². The van der Waals surface area contributed by atoms with Crippen molar-refractivity contribution >= 4 is 17.2 Å². The van der Waals surface area contributed by atoms with Crippen LogP contribution in [-0.2, 0) is 6.54 Å². The van der Waals surface area contributed by atoms with E-state index in [4.69, 9.17) is 11.0 Å². The maximum absolute atomic E-state index is 12.2. The van der Waals surface area contributed by atoms with Gasteiger partial charge in [0, 0.05) is 12.1 Å². The standard InChI is InChI=1S/C16H13N3OS/c17-7-2-5-14-6-8-21-15(14)16(20)19-11-13-4-1-3-12(9-13)10-18/h1,3-4,6,8-9H,7,11,17H2,(H,19,20). The minimum Gasteiger partial charge on any atom is -0.347 e. The van der Waals surface area contributed by atoms with E-state index in [1.165, 1.54) is 11.3 Å². The Morgan fingerprint density at radius 2 is 2.24 bits per heavy atom. The molecule has 0 aliphatic carbocycles. The van der Waals surface area contributed by atoms with Crippen LogP contribution >= 0.6 is 11.3 Å². The molecule has 0 aliphatic heterocycles. The normalized spacial score (nSPS) is 9.33. The molecule has 0 radical (unpaired) electrons. The number of rotatable bonds is 3. The van der Waals surface area contributed by atoms with Crippen molar-refractivity contribution in [2.75, 3.05) is 6.54 Å². The lowest BCUT2D eigenvalue weighted by Gasteiger charge is -2.04. The van der Waals surface area contributed by atoms with Crippen molar-refractivity contribution in [1.82, 2.24) is 5.32 Å². The Morgan fingerprint density at radius 1 is 1.38 bits per heavy atom. The summed E-state index contributed by atoms with van der Waals surface area (Å²) in [5, 5.41) is 13.5. The highest BCUT2D eigenvalue weighted by Crippen LogP contribution is 2.16. The van der Waals surface area contributed by atoms with Gasteiger partial charge in [0.1, 0.15) is 4.88 Å². The number of nitrogens with zero attached hydrogens (tertiary/aromatic N) is 1. The fourth-order valence-electron chi connectivity index (χ4n) is 1.74. The summed E-state index contributed by atoms with van der Waals surface area (Å²) >= 11 is 1.34. The van der Waals surface area contributed by atoms with Crippen molar-refractivity contribution < 1.29 is 4.79 Å². The number of hydrogen-bond donors (Lipinski definition) is 2. The Kier molecular flexibility index (Phi) is 5.11. The maximum atomic E-state index is 12.2. The Morgan fingerprint density at radius 3 is 3.00 bits per heavy atom. The number of carbonyl (C=O) groups excluding carboxylic acids is 1. The molecule has 104 valence electrons. The summed E-state index contributed by atoms with van der Waals surface area (Å²) in [5.41, 5.74) is 7.48. The van der Waals surface area contributed by atoms with Crippen LogP contribution < -0.4 is 11.1 Å². The first-order valence-electron chi connectivity index (χ1n) is 6.28. The lowest BCUT2D eigenvalue weighted by atomic mass is 10.1. The molecular formula is C16H13N3OS. The molecular weight excluding hydrogens is 282 g/mol. The van der Waals surface area contributed by atoms with Crippen LogP contribution in [0.2, 0.25) is 0 Å². The van der Waals surface area contributed by atoms with Gasteiger partial charge in [-0.3, -0.25) is 4.79 Å². The third kappa shape index (κ3) is 3.93. The van der Waals surface area contributed by atoms with E-state index in [1.54, 1.807) is 24.3 Å². The van der Waals surface area contributed by atoms with Gasteiger partial charge in [-0.05, 0) is 29.1 Å². The van der Waals surface area contributed by atoms with Crippen molar-refractivity contribution in [3.05, 3.63) is 57.3 Å². The van der Waals surface area contributed by atoms with Gasteiger partial charge in [0.2, 0.25) is 0 Å². The van der Waals surface area contributed by atoms with E-state index in [2.05, 4.69) is 23.2 Å². The average molecular weight is 295 g/mol. The van der Waals surface area contributed by atoms with E-state index in [0.717, 1.165) is 5.56 Å². The molecule has 0 aliphatic rings. The first kappa shape index (κ1) is 14.8. The van der Waals surface area contributed by atoms with Gasteiger partial charge in [0.15, 0.2) is 0 Å². The maximum Gasteiger partial charge on any atom is 0.262 e. The molecule has 5 heteroatoms. The van der Waals surface area contributed by atoms with E-state index in [9.17, 15) is 4.79 Å². The summed E-state index contributed by atoms with van der Waals surface area (Å²) < 4.78 is 0. The molecule has 0 spiro atoms. The second-order valence-corrected chi connectivity index (χ2v) is 5.08. The highest BCUT2D eigenvalue weighted by atomic mass is 32.1. The predicted molar refractivity (Wildman–Crippen MR) is 82.6 cm³/mol. The quantitative estimate of drug-likeness (QED) is 0.848. The Bertz CT molecular complexity index is 747. The molecule has 0 saturated heterocycles. The number of nitrogens with one attached hydrogen (secondary N) is 1. The van der Waals surface area contributed by atoms with Gasteiger partial charge < -0.3 is 11.1 Å². The number of thiophene rings is 1. The van der Waals surface area contributed by atoms with Crippen molar-refractivity contribution in [1.29, 1.82) is 5.26 Å². The van der Waals surface area contributed by atoms with E-state index in [1.807, 2.05) is 11.4 Å². The number of nitriles is 1. The largest absolute Gasteiger partial charge is 0.347 e. The van der Waals surface area contributed by atoms with Crippen molar-refractivity contribution in [3.63, 3.8) is 0 Å². The molecule has 1 amide bonds. The molecule has 2 aromatic rings. The van der Waals surface area contributed by atoms with Crippen LogP contribution in [0.4, 0.5) is 0 Å². The van der Waals surface area contributed by atoms with Gasteiger partial charge in [0.25, 0.3) is 5.91 Å². The fraction of sp³-hybridized carbons (Fsp3) is 0.125. The molecule has 3 N–H and O–H groups in total. The van der Waals surface area contributed by atoms with Crippen LogP contribution in [0, 0.1) is 23.2 Å². The molecule has 0 unspecified atom stereocenters. The SMILES string of the molecule is N#Cc1cccc(CNC(=O)c2sccc2C#CCN)c1. The minimum atomic E-state index is -0.173. The van der Waals surface area contributed by atoms with Crippen molar-refractivity contribution in [2.24, 2.45) is 5.73 Å². The van der Waals surface area contributed by atoms with Crippen LogP contribution in [0.5, 0.6) is 0 Å². The summed E-state index contributed by atoms with van der Waals surface area (Å²) in [6.45, 7) is 0.633. The average Bonchev–Trinajstić information content (AvgIpc) is 2.99. The zero-order valence-corrected chi connectivity index (χ0v) is 12.0. The van der Waals surface area contributed by atoms with E-state index < -0.39 is 0 Å². The fourth-order valence-corrected chi connectivity index (χ4v) is 2.51. The molecule has 1 heterocycles. The van der Waals surface area contributed by atoms with E-state index in [0.29, 0.717) is 22.5 Å². The summed E-state index contributed by atoms with van der Waals surface area (Å²) in [7, 11) is 0. The second-order valence-electron chi connectivity index (χ2n) is 4.16. The first-order chi connectivity index (χ1) is 10.2. The number of carbonyl (C=O) groups is 1. The highest BCUT2D eigenvalue weighted by molar-refractivity contribution is 7.12. The number of hydrogen-bond acceptors (Lipinski definition) is 4. The summed E-state index contributed by atoms with van der Waals surface area (Å²) in [5.74, 6) is 5.45. The molecule has 0 saturated carbocycles. The monoisotopic (exact) mass is 295 g/mol. The summed E-state index contributed by atoms with van der Waals surface area (Å²) in [6.07, 6.45) is 0. The zero-order chi connectivity index (χ0) is 15.1. The van der Waals surface area contributed by atoms with Crippen molar-refractivity contribution in [3.8, 4) is 17.9 Å². The van der Waals surface area contributed by atoms with Gasteiger partial charge >= 0.3 is 0 Å². The first-order valence-corrected chi connectivity index (χ1v) is 7.16. The minimum absolute atomic E-state index is 0.173. The van der Waals surface area contributed by atoms with Gasteiger partial charge in [-0.1, -0.05) is 24.0 Å². The lowest BCUT2D eigenvalue weighted by Crippen LogP contribution is -2.22. The van der Waals surface area contributed by atoms with Crippen LogP contribution in [0.1, 0.15) is 26.4 Å². The molecule has 21 heavy (non-hydrogen) atoms. The third-order valence-corrected chi connectivity index (χ3v) is 3.62. The lowest BCUT2D eigenvalue weighted by molar-refractivity contribution is 0.0955. The van der Waals surface area contributed by atoms with Gasteiger partial charge in [-0.2, -0.15) is 5.26 Å². The number of amides is 1. The van der Waals surface area contributed by atoms with E-state index in [-0.39, 0.29) is 12.5 Å². The predicted octanol–water partition coefficient (Wildman–Crippen LogP) is 1.86. The molecule has 0 fully saturated rings. The number of benzene rings is 1. The molecule has 1 aromatic heterocycles. The highest BCUT2D eigenvalue weighted by Gasteiger charge is 2.11. The van der Waals surface area contributed by atoms with Crippen molar-refractivity contribution in [2.45, 2.75) is 6.54 Å². The Balaban J connectivity index is 2.05. The van der Waals surface area contributed by atoms with E-state index >= 15 is 0 Å². The Hall–Kier alpha value is -2.60. The smallest absolute Gasteiger partial charge is 0.262 e. The van der Waals surface area contributed by atoms with Gasteiger partial charge in [0.05, 0.1) is 18.2 Å². The van der Waals surface area contributed by atoms with Crippen LogP contribution in [-0.4, -0.2) is 12.5 Å². The van der Waals surface area contributed by atoms with Crippen LogP contribution in [0.15, 0.2) is 35.7 Å².